The maximum absolute atomic E-state index is 12.0. The summed E-state index contributed by atoms with van der Waals surface area (Å²) in [6.45, 7) is 2.13. The largest absolute Gasteiger partial charge is 0.384 e. The zero-order chi connectivity index (χ0) is 11.7. The summed E-state index contributed by atoms with van der Waals surface area (Å²) in [5.41, 5.74) is 1.60. The lowest BCUT2D eigenvalue weighted by molar-refractivity contribution is -0.121. The lowest BCUT2D eigenvalue weighted by atomic mass is 9.94. The molecule has 2 heterocycles. The number of nitrogens with zero attached hydrogens (tertiary/aromatic N) is 1. The quantitative estimate of drug-likeness (QED) is 0.810. The first-order valence-electron chi connectivity index (χ1n) is 5.54. The van der Waals surface area contributed by atoms with Gasteiger partial charge in [-0.1, -0.05) is 0 Å². The average Bonchev–Trinajstić information content (AvgIpc) is 2.29. The third-order valence-corrected chi connectivity index (χ3v) is 3.26. The van der Waals surface area contributed by atoms with Crippen LogP contribution in [-0.4, -0.2) is 17.4 Å². The van der Waals surface area contributed by atoms with Gasteiger partial charge in [-0.15, -0.1) is 0 Å². The van der Waals surface area contributed by atoms with E-state index >= 15 is 0 Å². The van der Waals surface area contributed by atoms with Gasteiger partial charge in [0.2, 0.25) is 0 Å². The number of Topliss-reactive ketones (excluding diaryl/α,β-unsaturated/α-hetero) is 1. The van der Waals surface area contributed by atoms with Crippen LogP contribution in [0.25, 0.3) is 0 Å². The highest BCUT2D eigenvalue weighted by Gasteiger charge is 2.22. The van der Waals surface area contributed by atoms with E-state index in [1.165, 1.54) is 0 Å². The molecule has 0 bridgehead atoms. The monoisotopic (exact) mass is 220 g/mol. The Labute approximate surface area is 94.3 Å². The van der Waals surface area contributed by atoms with Gasteiger partial charge in [0.15, 0.2) is 0 Å². The second-order valence-corrected chi connectivity index (χ2v) is 4.25. The number of pyridine rings is 1. The number of hydrogen-bond acceptors (Lipinski definition) is 3. The van der Waals surface area contributed by atoms with E-state index in [0.29, 0.717) is 12.2 Å². The van der Waals surface area contributed by atoms with Crippen molar-refractivity contribution in [3.05, 3.63) is 28.2 Å². The summed E-state index contributed by atoms with van der Waals surface area (Å²) in [6, 6.07) is 3.77. The first kappa shape index (κ1) is 10.9. The smallest absolute Gasteiger partial charge is 0.274 e. The minimum atomic E-state index is -0.0223. The zero-order valence-electron chi connectivity index (χ0n) is 9.62. The number of carbonyl (C=O) groups excluding carboxylic acids is 1. The van der Waals surface area contributed by atoms with Crippen LogP contribution in [-0.2, 0) is 17.8 Å². The van der Waals surface area contributed by atoms with Crippen LogP contribution in [0, 0.1) is 5.92 Å². The lowest BCUT2D eigenvalue weighted by Crippen LogP contribution is -2.34. The van der Waals surface area contributed by atoms with Crippen molar-refractivity contribution in [3.63, 3.8) is 0 Å². The number of carbonyl (C=O) groups is 1. The van der Waals surface area contributed by atoms with Gasteiger partial charge in [0.05, 0.1) is 0 Å². The van der Waals surface area contributed by atoms with E-state index in [2.05, 4.69) is 5.32 Å². The molecule has 86 valence electrons. The highest BCUT2D eigenvalue weighted by Crippen LogP contribution is 2.19. The first-order valence-corrected chi connectivity index (χ1v) is 5.54. The second-order valence-electron chi connectivity index (χ2n) is 4.25. The van der Waals surface area contributed by atoms with E-state index in [0.717, 1.165) is 18.5 Å². The molecule has 1 aliphatic rings. The van der Waals surface area contributed by atoms with Crippen LogP contribution in [0.3, 0.4) is 0 Å². The third kappa shape index (κ3) is 1.75. The summed E-state index contributed by atoms with van der Waals surface area (Å²) in [5.74, 6) is 0.171. The molecule has 4 heteroatoms. The number of aromatic nitrogens is 1. The molecule has 0 amide bonds. The molecular weight excluding hydrogens is 204 g/mol. The van der Waals surface area contributed by atoms with Gasteiger partial charge in [0, 0.05) is 25.2 Å². The van der Waals surface area contributed by atoms with Gasteiger partial charge < -0.3 is 9.88 Å². The van der Waals surface area contributed by atoms with Crippen LogP contribution in [0.4, 0.5) is 5.69 Å². The molecule has 0 aromatic carbocycles. The van der Waals surface area contributed by atoms with Crippen LogP contribution in [0.1, 0.15) is 19.0 Å². The fourth-order valence-corrected chi connectivity index (χ4v) is 2.19. The molecule has 16 heavy (non-hydrogen) atoms. The topological polar surface area (TPSA) is 51.1 Å². The van der Waals surface area contributed by atoms with Crippen molar-refractivity contribution in [2.75, 3.05) is 12.4 Å². The molecule has 0 aliphatic carbocycles. The molecule has 1 aromatic heterocycles. The molecule has 0 saturated carbocycles. The molecule has 0 saturated heterocycles. The van der Waals surface area contributed by atoms with Crippen molar-refractivity contribution < 1.29 is 4.79 Å². The molecule has 0 fully saturated rings. The van der Waals surface area contributed by atoms with E-state index < -0.39 is 0 Å². The summed E-state index contributed by atoms with van der Waals surface area (Å²) in [6.07, 6.45) is 1.66. The predicted molar refractivity (Wildman–Crippen MR) is 62.7 cm³/mol. The summed E-state index contributed by atoms with van der Waals surface area (Å²) < 4.78 is 1.72. The molecule has 0 radical (unpaired) electrons. The standard InChI is InChI=1S/C12H16N2O2/c1-8(15)9-3-4-10-5-6-11(13-2)12(16)14(10)7-9/h5-6,9,13H,3-4,7H2,1-2H3. The number of ketones is 1. The van der Waals surface area contributed by atoms with E-state index in [9.17, 15) is 9.59 Å². The van der Waals surface area contributed by atoms with Gasteiger partial charge in [0.1, 0.15) is 11.5 Å². The number of rotatable bonds is 2. The SMILES string of the molecule is CNc1ccc2n(c1=O)CC(C(C)=O)CC2. The maximum Gasteiger partial charge on any atom is 0.274 e. The Morgan fingerprint density at radius 2 is 2.25 bits per heavy atom. The predicted octanol–water partition coefficient (Wildman–Crippen LogP) is 1.04. The minimum absolute atomic E-state index is 0.00249. The van der Waals surface area contributed by atoms with Gasteiger partial charge in [0.25, 0.3) is 5.56 Å². The van der Waals surface area contributed by atoms with Crippen molar-refractivity contribution in [3.8, 4) is 0 Å². The molecule has 0 spiro atoms. The van der Waals surface area contributed by atoms with Crippen molar-refractivity contribution in [2.45, 2.75) is 26.3 Å². The number of nitrogens with one attached hydrogen (secondary N) is 1. The normalized spacial score (nSPS) is 19.0. The Kier molecular flexibility index (Phi) is 2.81. The molecule has 4 nitrogen and oxygen atoms in total. The van der Waals surface area contributed by atoms with E-state index in [4.69, 9.17) is 0 Å². The van der Waals surface area contributed by atoms with Crippen molar-refractivity contribution in [1.29, 1.82) is 0 Å². The zero-order valence-corrected chi connectivity index (χ0v) is 9.62. The van der Waals surface area contributed by atoms with Gasteiger partial charge in [-0.25, -0.2) is 0 Å². The van der Waals surface area contributed by atoms with Crippen molar-refractivity contribution >= 4 is 11.5 Å². The van der Waals surface area contributed by atoms with Crippen LogP contribution in [0.15, 0.2) is 16.9 Å². The van der Waals surface area contributed by atoms with Gasteiger partial charge in [-0.2, -0.15) is 0 Å². The van der Waals surface area contributed by atoms with Crippen LogP contribution >= 0.6 is 0 Å². The fraction of sp³-hybridized carbons (Fsp3) is 0.500. The number of aryl methyl sites for hydroxylation is 1. The molecule has 1 atom stereocenters. The second kappa shape index (κ2) is 4.12. The fourth-order valence-electron chi connectivity index (χ4n) is 2.19. The Bertz CT molecular complexity index is 476. The van der Waals surface area contributed by atoms with Crippen molar-refractivity contribution in [2.24, 2.45) is 5.92 Å². The molecule has 1 aliphatic heterocycles. The first-order chi connectivity index (χ1) is 7.63. The van der Waals surface area contributed by atoms with Gasteiger partial charge >= 0.3 is 0 Å². The van der Waals surface area contributed by atoms with Gasteiger partial charge in [-0.3, -0.25) is 9.59 Å². The van der Waals surface area contributed by atoms with E-state index in [1.807, 2.05) is 12.1 Å². The van der Waals surface area contributed by atoms with Gasteiger partial charge in [-0.05, 0) is 31.9 Å². The van der Waals surface area contributed by atoms with E-state index in [-0.39, 0.29) is 17.3 Å². The number of anilines is 1. The van der Waals surface area contributed by atoms with Crippen molar-refractivity contribution in [1.82, 2.24) is 4.57 Å². The molecular formula is C12H16N2O2. The molecule has 1 aromatic rings. The Morgan fingerprint density at radius 3 is 2.88 bits per heavy atom. The Morgan fingerprint density at radius 1 is 1.50 bits per heavy atom. The lowest BCUT2D eigenvalue weighted by Gasteiger charge is -2.24. The van der Waals surface area contributed by atoms with Crippen LogP contribution < -0.4 is 10.9 Å². The molecule has 1 unspecified atom stereocenters. The summed E-state index contributed by atoms with van der Waals surface area (Å²) in [7, 11) is 1.73. The van der Waals surface area contributed by atoms with Crippen LogP contribution in [0.5, 0.6) is 0 Å². The summed E-state index contributed by atoms with van der Waals surface area (Å²) in [4.78, 5) is 23.3. The minimum Gasteiger partial charge on any atom is -0.384 e. The van der Waals surface area contributed by atoms with E-state index in [1.54, 1.807) is 18.5 Å². The summed E-state index contributed by atoms with van der Waals surface area (Å²) >= 11 is 0. The highest BCUT2D eigenvalue weighted by atomic mass is 16.1. The summed E-state index contributed by atoms with van der Waals surface area (Å²) in [5, 5.41) is 2.87. The molecule has 1 N–H and O–H groups in total. The number of hydrogen-bond donors (Lipinski definition) is 1. The average molecular weight is 220 g/mol. The van der Waals surface area contributed by atoms with Crippen LogP contribution in [0.2, 0.25) is 0 Å². The molecule has 2 rings (SSSR count). The Balaban J connectivity index is 2.43. The third-order valence-electron chi connectivity index (χ3n) is 3.26. The Hall–Kier alpha value is -1.58. The highest BCUT2D eigenvalue weighted by molar-refractivity contribution is 5.78. The maximum atomic E-state index is 12.0. The number of fused-ring (bicyclic) bond motifs is 1.